The summed E-state index contributed by atoms with van der Waals surface area (Å²) in [5, 5.41) is 8.91. The molecule has 6 nitrogen and oxygen atoms in total. The van der Waals surface area contributed by atoms with E-state index in [9.17, 15) is 18.0 Å². The summed E-state index contributed by atoms with van der Waals surface area (Å²) in [7, 11) is 0. The van der Waals surface area contributed by atoms with Crippen molar-refractivity contribution in [3.63, 3.8) is 0 Å². The van der Waals surface area contributed by atoms with Gasteiger partial charge in [-0.2, -0.15) is 13.2 Å². The average molecular weight is 499 g/mol. The molecule has 0 spiro atoms. The molecule has 180 valence electrons. The van der Waals surface area contributed by atoms with Gasteiger partial charge in [-0.15, -0.1) is 10.2 Å². The van der Waals surface area contributed by atoms with Crippen LogP contribution < -0.4 is 4.74 Å². The number of Topliss-reactive ketones (excluding diaryl/α,β-unsaturated/α-hetero) is 1. The third-order valence-electron chi connectivity index (χ3n) is 5.11. The zero-order chi connectivity index (χ0) is 25.0. The van der Waals surface area contributed by atoms with Crippen LogP contribution in [0, 0.1) is 0 Å². The molecule has 0 fully saturated rings. The molecule has 0 aliphatic carbocycles. The van der Waals surface area contributed by atoms with Crippen molar-refractivity contribution >= 4 is 17.5 Å². The van der Waals surface area contributed by atoms with Crippen LogP contribution in [0.5, 0.6) is 5.75 Å². The lowest BCUT2D eigenvalue weighted by Gasteiger charge is -2.14. The topological polar surface area (TPSA) is 69.9 Å². The molecule has 0 amide bonds. The fourth-order valence-corrected chi connectivity index (χ4v) is 4.38. The van der Waals surface area contributed by atoms with Crippen LogP contribution in [0.4, 0.5) is 13.2 Å². The highest BCUT2D eigenvalue weighted by Crippen LogP contribution is 2.35. The summed E-state index contributed by atoms with van der Waals surface area (Å²) in [6.45, 7) is 3.79. The zero-order valence-electron chi connectivity index (χ0n) is 18.9. The third kappa shape index (κ3) is 5.54. The summed E-state index contributed by atoms with van der Waals surface area (Å²) in [4.78, 5) is 16.0. The van der Waals surface area contributed by atoms with Crippen LogP contribution in [0.25, 0.3) is 17.1 Å². The summed E-state index contributed by atoms with van der Waals surface area (Å²) in [5.41, 5.74) is 1.42. The van der Waals surface area contributed by atoms with Crippen molar-refractivity contribution in [1.29, 1.82) is 0 Å². The van der Waals surface area contributed by atoms with Crippen molar-refractivity contribution in [2.45, 2.75) is 30.9 Å². The molecule has 0 saturated carbocycles. The van der Waals surface area contributed by atoms with Crippen LogP contribution >= 0.6 is 11.8 Å². The second kappa shape index (κ2) is 10.3. The molecule has 35 heavy (non-hydrogen) atoms. The van der Waals surface area contributed by atoms with Gasteiger partial charge < -0.3 is 4.74 Å². The zero-order valence-corrected chi connectivity index (χ0v) is 19.7. The Morgan fingerprint density at radius 3 is 2.60 bits per heavy atom. The van der Waals surface area contributed by atoms with E-state index in [1.54, 1.807) is 53.4 Å². The van der Waals surface area contributed by atoms with Crippen molar-refractivity contribution < 1.29 is 22.7 Å². The standard InChI is InChI=1S/C25H21F3N4O2S/c1-3-34-22-10-9-17(16(2)33)12-19(22)15-35-24-31-30-23(18-6-5-11-29-14-18)32(24)21-8-4-7-20(13-21)25(26,27)28/h4-14H,3,15H2,1-2H3. The SMILES string of the molecule is CCOc1ccc(C(C)=O)cc1CSc1nnc(-c2cccnc2)n1-c1cccc(C(F)(F)F)c1. The highest BCUT2D eigenvalue weighted by Gasteiger charge is 2.31. The van der Waals surface area contributed by atoms with Gasteiger partial charge in [-0.25, -0.2) is 0 Å². The molecule has 10 heteroatoms. The molecule has 0 radical (unpaired) electrons. The predicted molar refractivity (Wildman–Crippen MR) is 127 cm³/mol. The lowest BCUT2D eigenvalue weighted by atomic mass is 10.1. The Bertz CT molecular complexity index is 1340. The number of alkyl halides is 3. The van der Waals surface area contributed by atoms with Gasteiger partial charge in [-0.1, -0.05) is 17.8 Å². The number of nitrogens with zero attached hydrogens (tertiary/aromatic N) is 4. The minimum absolute atomic E-state index is 0.0784. The number of hydrogen-bond acceptors (Lipinski definition) is 6. The van der Waals surface area contributed by atoms with E-state index >= 15 is 0 Å². The molecule has 0 unspecified atom stereocenters. The first kappa shape index (κ1) is 24.5. The third-order valence-corrected chi connectivity index (χ3v) is 6.09. The molecular weight excluding hydrogens is 477 g/mol. The second-order valence-corrected chi connectivity index (χ2v) is 8.47. The van der Waals surface area contributed by atoms with Crippen LogP contribution in [0.15, 0.2) is 72.1 Å². The van der Waals surface area contributed by atoms with E-state index in [0.717, 1.165) is 17.7 Å². The largest absolute Gasteiger partial charge is 0.494 e. The number of ether oxygens (including phenoxy) is 1. The highest BCUT2D eigenvalue weighted by atomic mass is 32.2. The molecule has 0 bridgehead atoms. The van der Waals surface area contributed by atoms with Crippen LogP contribution in [0.3, 0.4) is 0 Å². The van der Waals surface area contributed by atoms with Crippen LogP contribution in [0.1, 0.15) is 35.3 Å². The number of rotatable bonds is 8. The molecule has 0 saturated heterocycles. The Morgan fingerprint density at radius 1 is 1.09 bits per heavy atom. The number of aromatic nitrogens is 4. The number of carbonyl (C=O) groups is 1. The van der Waals surface area contributed by atoms with Gasteiger partial charge in [0, 0.05) is 34.8 Å². The number of hydrogen-bond donors (Lipinski definition) is 0. The molecule has 4 rings (SSSR count). The highest BCUT2D eigenvalue weighted by molar-refractivity contribution is 7.98. The Morgan fingerprint density at radius 2 is 1.91 bits per heavy atom. The lowest BCUT2D eigenvalue weighted by molar-refractivity contribution is -0.137. The molecule has 0 aliphatic heterocycles. The maximum atomic E-state index is 13.4. The number of benzene rings is 2. The van der Waals surface area contributed by atoms with Crippen LogP contribution in [-0.2, 0) is 11.9 Å². The second-order valence-electron chi connectivity index (χ2n) is 7.53. The summed E-state index contributed by atoms with van der Waals surface area (Å²) < 4.78 is 47.6. The number of thioether (sulfide) groups is 1. The van der Waals surface area contributed by atoms with Crippen LogP contribution in [-0.4, -0.2) is 32.1 Å². The maximum Gasteiger partial charge on any atom is 0.416 e. The van der Waals surface area contributed by atoms with Crippen molar-refractivity contribution in [3.8, 4) is 22.8 Å². The molecule has 0 atom stereocenters. The van der Waals surface area contributed by atoms with Gasteiger partial charge in [0.2, 0.25) is 0 Å². The monoisotopic (exact) mass is 498 g/mol. The minimum Gasteiger partial charge on any atom is -0.494 e. The van der Waals surface area contributed by atoms with E-state index in [-0.39, 0.29) is 11.5 Å². The number of ketones is 1. The fraction of sp³-hybridized carbons (Fsp3) is 0.200. The molecular formula is C25H21F3N4O2S. The fourth-order valence-electron chi connectivity index (χ4n) is 3.45. The quantitative estimate of drug-likeness (QED) is 0.212. The van der Waals surface area contributed by atoms with E-state index in [0.29, 0.717) is 40.2 Å². The van der Waals surface area contributed by atoms with Gasteiger partial charge in [-0.05, 0) is 62.4 Å². The smallest absolute Gasteiger partial charge is 0.416 e. The molecule has 2 heterocycles. The van der Waals surface area contributed by atoms with Gasteiger partial charge >= 0.3 is 6.18 Å². The van der Waals surface area contributed by atoms with E-state index in [2.05, 4.69) is 15.2 Å². The first-order valence-electron chi connectivity index (χ1n) is 10.7. The molecule has 0 N–H and O–H groups in total. The Labute approximate surface area is 204 Å². The summed E-state index contributed by atoms with van der Waals surface area (Å²) >= 11 is 1.28. The van der Waals surface area contributed by atoms with E-state index < -0.39 is 11.7 Å². The maximum absolute atomic E-state index is 13.4. The van der Waals surface area contributed by atoms with E-state index in [1.165, 1.54) is 24.8 Å². The summed E-state index contributed by atoms with van der Waals surface area (Å²) in [6, 6.07) is 13.7. The van der Waals surface area contributed by atoms with E-state index in [1.807, 2.05) is 6.92 Å². The first-order chi connectivity index (χ1) is 16.8. The van der Waals surface area contributed by atoms with Crippen molar-refractivity contribution in [3.05, 3.63) is 83.7 Å². The lowest BCUT2D eigenvalue weighted by Crippen LogP contribution is -2.07. The molecule has 2 aromatic heterocycles. The molecule has 0 aliphatic rings. The Hall–Kier alpha value is -3.66. The number of pyridine rings is 1. The average Bonchev–Trinajstić information content (AvgIpc) is 3.27. The van der Waals surface area contributed by atoms with Crippen molar-refractivity contribution in [1.82, 2.24) is 19.7 Å². The van der Waals surface area contributed by atoms with Gasteiger partial charge in [0.05, 0.1) is 17.9 Å². The van der Waals surface area contributed by atoms with E-state index in [4.69, 9.17) is 4.74 Å². The minimum atomic E-state index is -4.49. The van der Waals surface area contributed by atoms with Gasteiger partial charge in [0.15, 0.2) is 16.8 Å². The first-order valence-corrected chi connectivity index (χ1v) is 11.7. The predicted octanol–water partition coefficient (Wildman–Crippen LogP) is 6.24. The molecule has 2 aromatic carbocycles. The van der Waals surface area contributed by atoms with Crippen molar-refractivity contribution in [2.24, 2.45) is 0 Å². The number of halogens is 3. The summed E-state index contributed by atoms with van der Waals surface area (Å²) in [6.07, 6.45) is -1.32. The summed E-state index contributed by atoms with van der Waals surface area (Å²) in [5.74, 6) is 1.27. The van der Waals surface area contributed by atoms with Gasteiger partial charge in [0.1, 0.15) is 5.75 Å². The van der Waals surface area contributed by atoms with Crippen LogP contribution in [0.2, 0.25) is 0 Å². The van der Waals surface area contributed by atoms with Crippen molar-refractivity contribution in [2.75, 3.05) is 6.61 Å². The Balaban J connectivity index is 1.77. The van der Waals surface area contributed by atoms with Gasteiger partial charge in [-0.3, -0.25) is 14.3 Å². The van der Waals surface area contributed by atoms with Gasteiger partial charge in [0.25, 0.3) is 0 Å². The normalized spacial score (nSPS) is 11.5. The number of carbonyl (C=O) groups excluding carboxylic acids is 1. The molecule has 4 aromatic rings. The Kier molecular flexibility index (Phi) is 7.20.